The quantitative estimate of drug-likeness (QED) is 0.732. The van der Waals surface area contributed by atoms with Gasteiger partial charge in [0.1, 0.15) is 5.52 Å². The average molecular weight is 268 g/mol. The van der Waals surface area contributed by atoms with Gasteiger partial charge in [0.15, 0.2) is 5.58 Å². The number of para-hydroxylation sites is 2. The maximum atomic E-state index is 5.89. The molecule has 1 atom stereocenters. The van der Waals surface area contributed by atoms with Crippen LogP contribution in [0.5, 0.6) is 0 Å². The van der Waals surface area contributed by atoms with Crippen LogP contribution in [0, 0.1) is 0 Å². The summed E-state index contributed by atoms with van der Waals surface area (Å²) < 4.78 is 7.86. The Morgan fingerprint density at radius 2 is 2.20 bits per heavy atom. The van der Waals surface area contributed by atoms with E-state index in [0.29, 0.717) is 6.04 Å². The Balaban J connectivity index is 1.62. The van der Waals surface area contributed by atoms with Gasteiger partial charge in [0.2, 0.25) is 0 Å². The van der Waals surface area contributed by atoms with Gasteiger partial charge in [-0.15, -0.1) is 0 Å². The number of nitrogens with zero attached hydrogens (tertiary/aromatic N) is 4. The molecule has 0 spiro atoms. The second-order valence-corrected chi connectivity index (χ2v) is 5.18. The molecule has 0 radical (unpaired) electrons. The van der Waals surface area contributed by atoms with Crippen LogP contribution in [-0.2, 0) is 6.54 Å². The molecule has 5 heteroatoms. The van der Waals surface area contributed by atoms with Gasteiger partial charge in [-0.05, 0) is 31.0 Å². The van der Waals surface area contributed by atoms with Gasteiger partial charge >= 0.3 is 0 Å². The molecule has 1 fully saturated rings. The first-order valence-corrected chi connectivity index (χ1v) is 7.00. The summed E-state index contributed by atoms with van der Waals surface area (Å²) >= 11 is 0. The van der Waals surface area contributed by atoms with Crippen LogP contribution >= 0.6 is 0 Å². The van der Waals surface area contributed by atoms with E-state index in [1.165, 1.54) is 6.42 Å². The molecular formula is C15H16N4O. The fraction of sp³-hybridized carbons (Fsp3) is 0.333. The van der Waals surface area contributed by atoms with Crippen molar-refractivity contribution in [1.82, 2.24) is 14.8 Å². The Labute approximate surface area is 116 Å². The minimum atomic E-state index is 0.406. The van der Waals surface area contributed by atoms with Crippen LogP contribution in [0.1, 0.15) is 12.8 Å². The van der Waals surface area contributed by atoms with Gasteiger partial charge in [0.05, 0.1) is 12.6 Å². The van der Waals surface area contributed by atoms with Crippen LogP contribution in [0.25, 0.3) is 11.1 Å². The van der Waals surface area contributed by atoms with E-state index in [2.05, 4.69) is 15.0 Å². The van der Waals surface area contributed by atoms with Crippen LogP contribution in [0.15, 0.2) is 47.1 Å². The van der Waals surface area contributed by atoms with Crippen LogP contribution in [0.3, 0.4) is 0 Å². The van der Waals surface area contributed by atoms with E-state index in [-0.39, 0.29) is 0 Å². The summed E-state index contributed by atoms with van der Waals surface area (Å²) in [6, 6.07) is 11.0. The van der Waals surface area contributed by atoms with E-state index < -0.39 is 0 Å². The highest BCUT2D eigenvalue weighted by Gasteiger charge is 2.28. The second kappa shape index (κ2) is 4.67. The number of aromatic nitrogens is 3. The van der Waals surface area contributed by atoms with Crippen molar-refractivity contribution in [3.8, 4) is 0 Å². The van der Waals surface area contributed by atoms with Crippen molar-refractivity contribution in [2.24, 2.45) is 0 Å². The first-order valence-electron chi connectivity index (χ1n) is 7.00. The number of oxazole rings is 1. The molecule has 2 aromatic heterocycles. The van der Waals surface area contributed by atoms with Crippen molar-refractivity contribution in [3.63, 3.8) is 0 Å². The lowest BCUT2D eigenvalue weighted by Crippen LogP contribution is -2.33. The largest absolute Gasteiger partial charge is 0.423 e. The summed E-state index contributed by atoms with van der Waals surface area (Å²) in [7, 11) is 0. The fourth-order valence-electron chi connectivity index (χ4n) is 2.88. The molecule has 102 valence electrons. The molecule has 0 N–H and O–H groups in total. The van der Waals surface area contributed by atoms with Crippen LogP contribution in [-0.4, -0.2) is 27.4 Å². The van der Waals surface area contributed by atoms with E-state index in [0.717, 1.165) is 36.6 Å². The monoisotopic (exact) mass is 268 g/mol. The fourth-order valence-corrected chi connectivity index (χ4v) is 2.88. The minimum Gasteiger partial charge on any atom is -0.423 e. The summed E-state index contributed by atoms with van der Waals surface area (Å²) in [5.74, 6) is 0. The van der Waals surface area contributed by atoms with Crippen LogP contribution in [0.4, 0.5) is 6.01 Å². The Morgan fingerprint density at radius 3 is 3.05 bits per heavy atom. The third-order valence-corrected chi connectivity index (χ3v) is 3.86. The van der Waals surface area contributed by atoms with E-state index in [1.807, 2.05) is 47.4 Å². The lowest BCUT2D eigenvalue weighted by molar-refractivity contribution is 0.479. The maximum Gasteiger partial charge on any atom is 0.298 e. The molecule has 20 heavy (non-hydrogen) atoms. The molecular weight excluding hydrogens is 252 g/mol. The maximum absolute atomic E-state index is 5.89. The second-order valence-electron chi connectivity index (χ2n) is 5.18. The van der Waals surface area contributed by atoms with E-state index in [9.17, 15) is 0 Å². The van der Waals surface area contributed by atoms with E-state index in [4.69, 9.17) is 4.42 Å². The van der Waals surface area contributed by atoms with Crippen molar-refractivity contribution in [2.45, 2.75) is 25.4 Å². The Hall–Kier alpha value is -2.30. The highest BCUT2D eigenvalue weighted by molar-refractivity contribution is 5.74. The number of fused-ring (bicyclic) bond motifs is 1. The SMILES string of the molecule is c1ccc2oc(N3CCC[C@@H]3Cn3cccn3)nc2c1. The van der Waals surface area contributed by atoms with Gasteiger partial charge < -0.3 is 9.32 Å². The zero-order valence-corrected chi connectivity index (χ0v) is 11.1. The summed E-state index contributed by atoms with van der Waals surface area (Å²) in [6.45, 7) is 1.88. The highest BCUT2D eigenvalue weighted by Crippen LogP contribution is 2.28. The average Bonchev–Trinajstić information content (AvgIpc) is 3.18. The number of hydrogen-bond donors (Lipinski definition) is 0. The van der Waals surface area contributed by atoms with Gasteiger partial charge in [-0.2, -0.15) is 10.1 Å². The van der Waals surface area contributed by atoms with E-state index >= 15 is 0 Å². The molecule has 0 amide bonds. The molecule has 0 unspecified atom stereocenters. The molecule has 1 aromatic carbocycles. The molecule has 0 saturated carbocycles. The Bertz CT molecular complexity index is 671. The molecule has 0 bridgehead atoms. The molecule has 5 nitrogen and oxygen atoms in total. The highest BCUT2D eigenvalue weighted by atomic mass is 16.4. The lowest BCUT2D eigenvalue weighted by Gasteiger charge is -2.22. The topological polar surface area (TPSA) is 47.1 Å². The molecule has 1 saturated heterocycles. The van der Waals surface area contributed by atoms with Crippen molar-refractivity contribution < 1.29 is 4.42 Å². The number of benzene rings is 1. The third-order valence-electron chi connectivity index (χ3n) is 3.86. The van der Waals surface area contributed by atoms with E-state index in [1.54, 1.807) is 0 Å². The van der Waals surface area contributed by atoms with Crippen LogP contribution < -0.4 is 4.90 Å². The first-order chi connectivity index (χ1) is 9.90. The van der Waals surface area contributed by atoms with Crippen molar-refractivity contribution >= 4 is 17.1 Å². The van der Waals surface area contributed by atoms with Crippen molar-refractivity contribution in [1.29, 1.82) is 0 Å². The normalized spacial score (nSPS) is 19.0. The number of rotatable bonds is 3. The molecule has 0 aliphatic carbocycles. The van der Waals surface area contributed by atoms with Gasteiger partial charge in [0.25, 0.3) is 6.01 Å². The van der Waals surface area contributed by atoms with Gasteiger partial charge in [0, 0.05) is 18.9 Å². The van der Waals surface area contributed by atoms with Gasteiger partial charge in [-0.1, -0.05) is 12.1 Å². The lowest BCUT2D eigenvalue weighted by atomic mass is 10.2. The Kier molecular flexibility index (Phi) is 2.69. The minimum absolute atomic E-state index is 0.406. The zero-order chi connectivity index (χ0) is 13.4. The molecule has 3 aromatic rings. The zero-order valence-electron chi connectivity index (χ0n) is 11.1. The van der Waals surface area contributed by atoms with Crippen LogP contribution in [0.2, 0.25) is 0 Å². The number of anilines is 1. The molecule has 1 aliphatic heterocycles. The molecule has 4 rings (SSSR count). The molecule has 3 heterocycles. The van der Waals surface area contributed by atoms with Gasteiger partial charge in [-0.3, -0.25) is 4.68 Å². The van der Waals surface area contributed by atoms with Crippen molar-refractivity contribution in [3.05, 3.63) is 42.7 Å². The Morgan fingerprint density at radius 1 is 1.25 bits per heavy atom. The predicted molar refractivity (Wildman–Crippen MR) is 76.6 cm³/mol. The smallest absolute Gasteiger partial charge is 0.298 e. The third kappa shape index (κ3) is 1.95. The standard InChI is InChI=1S/C15H16N4O/c1-2-7-14-13(6-1)17-15(20-14)19-10-3-5-12(19)11-18-9-4-8-16-18/h1-2,4,6-9,12H,3,5,10-11H2/t12-/m1/s1. The van der Waals surface area contributed by atoms with Gasteiger partial charge in [-0.25, -0.2) is 0 Å². The summed E-state index contributed by atoms with van der Waals surface area (Å²) in [5.41, 5.74) is 1.78. The predicted octanol–water partition coefficient (Wildman–Crippen LogP) is 2.69. The summed E-state index contributed by atoms with van der Waals surface area (Å²) in [4.78, 5) is 6.87. The first kappa shape index (κ1) is 11.5. The van der Waals surface area contributed by atoms with Crippen molar-refractivity contribution in [2.75, 3.05) is 11.4 Å². The summed E-state index contributed by atoms with van der Waals surface area (Å²) in [5, 5.41) is 4.29. The number of hydrogen-bond acceptors (Lipinski definition) is 4. The summed E-state index contributed by atoms with van der Waals surface area (Å²) in [6.07, 6.45) is 6.14. The molecule has 1 aliphatic rings.